The molecule has 6 nitrogen and oxygen atoms in total. The van der Waals surface area contributed by atoms with Crippen LogP contribution in [-0.4, -0.2) is 21.1 Å². The number of carbonyl (C=O) groups is 1. The van der Waals surface area contributed by atoms with E-state index in [0.29, 0.717) is 22.4 Å². The molecule has 1 amide bonds. The van der Waals surface area contributed by atoms with E-state index in [9.17, 15) is 4.79 Å². The van der Waals surface area contributed by atoms with Crippen LogP contribution in [0, 0.1) is 0 Å². The van der Waals surface area contributed by atoms with Gasteiger partial charge in [0.15, 0.2) is 0 Å². The van der Waals surface area contributed by atoms with Gasteiger partial charge in [0, 0.05) is 16.2 Å². The average molecular weight is 363 g/mol. The standard InChI is InChI=1S/C16H12Cl2N4O2/c17-11-5-4-10(13(18)8-11)7-14-21-22-16(24-14)15(23)20-9-12-3-1-2-6-19-12/h1-6,8H,7,9H2,(H,20,23). The normalized spacial score (nSPS) is 10.6. The topological polar surface area (TPSA) is 80.9 Å². The minimum Gasteiger partial charge on any atom is -0.417 e. The third-order valence-corrected chi connectivity index (χ3v) is 3.76. The third-order valence-electron chi connectivity index (χ3n) is 3.17. The largest absolute Gasteiger partial charge is 0.417 e. The highest BCUT2D eigenvalue weighted by Gasteiger charge is 2.15. The van der Waals surface area contributed by atoms with Crippen molar-refractivity contribution >= 4 is 29.1 Å². The lowest BCUT2D eigenvalue weighted by atomic mass is 10.1. The van der Waals surface area contributed by atoms with Gasteiger partial charge in [-0.1, -0.05) is 35.3 Å². The van der Waals surface area contributed by atoms with Gasteiger partial charge < -0.3 is 9.73 Å². The highest BCUT2D eigenvalue weighted by Crippen LogP contribution is 2.23. The van der Waals surface area contributed by atoms with Crippen LogP contribution in [0.1, 0.15) is 27.8 Å². The number of halogens is 2. The Balaban J connectivity index is 1.63. The van der Waals surface area contributed by atoms with E-state index in [2.05, 4.69) is 20.5 Å². The molecule has 0 radical (unpaired) electrons. The molecule has 2 heterocycles. The van der Waals surface area contributed by atoms with Crippen molar-refractivity contribution < 1.29 is 9.21 Å². The predicted octanol–water partition coefficient (Wildman–Crippen LogP) is 3.29. The molecule has 0 saturated carbocycles. The Morgan fingerprint density at radius 3 is 2.79 bits per heavy atom. The monoisotopic (exact) mass is 362 g/mol. The highest BCUT2D eigenvalue weighted by atomic mass is 35.5. The van der Waals surface area contributed by atoms with Crippen molar-refractivity contribution in [2.45, 2.75) is 13.0 Å². The summed E-state index contributed by atoms with van der Waals surface area (Å²) in [5.74, 6) is -0.269. The number of rotatable bonds is 5. The maximum Gasteiger partial charge on any atom is 0.309 e. The number of nitrogens with one attached hydrogen (secondary N) is 1. The van der Waals surface area contributed by atoms with E-state index in [-0.39, 0.29) is 12.4 Å². The van der Waals surface area contributed by atoms with Crippen molar-refractivity contribution in [1.29, 1.82) is 0 Å². The van der Waals surface area contributed by atoms with Crippen molar-refractivity contribution in [3.8, 4) is 0 Å². The van der Waals surface area contributed by atoms with Crippen molar-refractivity contribution in [3.05, 3.63) is 75.7 Å². The maximum absolute atomic E-state index is 12.0. The molecule has 122 valence electrons. The number of hydrogen-bond acceptors (Lipinski definition) is 5. The first-order valence-corrected chi connectivity index (χ1v) is 7.82. The number of carbonyl (C=O) groups excluding carboxylic acids is 1. The maximum atomic E-state index is 12.0. The van der Waals surface area contributed by atoms with Gasteiger partial charge in [0.1, 0.15) is 0 Å². The zero-order valence-corrected chi connectivity index (χ0v) is 13.9. The highest BCUT2D eigenvalue weighted by molar-refractivity contribution is 6.35. The van der Waals surface area contributed by atoms with E-state index in [1.807, 2.05) is 12.1 Å². The average Bonchev–Trinajstić information content (AvgIpc) is 3.05. The van der Waals surface area contributed by atoms with Crippen molar-refractivity contribution in [2.24, 2.45) is 0 Å². The Bertz CT molecular complexity index is 852. The summed E-state index contributed by atoms with van der Waals surface area (Å²) in [7, 11) is 0. The van der Waals surface area contributed by atoms with Gasteiger partial charge in [-0.25, -0.2) is 0 Å². The molecular formula is C16H12Cl2N4O2. The van der Waals surface area contributed by atoms with Crippen molar-refractivity contribution in [3.63, 3.8) is 0 Å². The van der Waals surface area contributed by atoms with Crippen LogP contribution < -0.4 is 5.32 Å². The number of amides is 1. The fraction of sp³-hybridized carbons (Fsp3) is 0.125. The molecule has 0 spiro atoms. The molecule has 0 atom stereocenters. The lowest BCUT2D eigenvalue weighted by Crippen LogP contribution is -2.23. The second-order valence-electron chi connectivity index (χ2n) is 4.92. The zero-order chi connectivity index (χ0) is 16.9. The molecule has 0 saturated heterocycles. The summed E-state index contributed by atoms with van der Waals surface area (Å²) in [6.45, 7) is 0.278. The van der Waals surface area contributed by atoms with E-state index in [1.165, 1.54) is 0 Å². The molecule has 1 aromatic carbocycles. The summed E-state index contributed by atoms with van der Waals surface area (Å²) < 4.78 is 5.38. The van der Waals surface area contributed by atoms with Crippen LogP contribution in [0.15, 0.2) is 47.0 Å². The molecule has 2 aromatic heterocycles. The fourth-order valence-corrected chi connectivity index (χ4v) is 2.47. The van der Waals surface area contributed by atoms with Gasteiger partial charge >= 0.3 is 11.8 Å². The number of pyridine rings is 1. The molecule has 24 heavy (non-hydrogen) atoms. The summed E-state index contributed by atoms with van der Waals surface area (Å²) in [5.41, 5.74) is 1.52. The molecule has 3 rings (SSSR count). The predicted molar refractivity (Wildman–Crippen MR) is 89.0 cm³/mol. The molecular weight excluding hydrogens is 351 g/mol. The minimum absolute atomic E-state index is 0.106. The van der Waals surface area contributed by atoms with Gasteiger partial charge in [0.25, 0.3) is 0 Å². The lowest BCUT2D eigenvalue weighted by molar-refractivity contribution is 0.0914. The molecule has 0 unspecified atom stereocenters. The quantitative estimate of drug-likeness (QED) is 0.752. The molecule has 8 heteroatoms. The first kappa shape index (κ1) is 16.4. The number of aromatic nitrogens is 3. The van der Waals surface area contributed by atoms with Crippen molar-refractivity contribution in [1.82, 2.24) is 20.5 Å². The van der Waals surface area contributed by atoms with Crippen LogP contribution in [0.4, 0.5) is 0 Å². The summed E-state index contributed by atoms with van der Waals surface area (Å²) >= 11 is 12.0. The van der Waals surface area contributed by atoms with E-state index >= 15 is 0 Å². The summed E-state index contributed by atoms with van der Waals surface area (Å²) in [6, 6.07) is 10.6. The van der Waals surface area contributed by atoms with Crippen LogP contribution >= 0.6 is 23.2 Å². The van der Waals surface area contributed by atoms with Gasteiger partial charge in [-0.3, -0.25) is 9.78 Å². The molecule has 0 aliphatic rings. The van der Waals surface area contributed by atoms with E-state index in [0.717, 1.165) is 11.3 Å². The molecule has 0 bridgehead atoms. The van der Waals surface area contributed by atoms with Gasteiger partial charge in [-0.15, -0.1) is 10.2 Å². The summed E-state index contributed by atoms with van der Waals surface area (Å²) in [4.78, 5) is 16.1. The summed E-state index contributed by atoms with van der Waals surface area (Å²) in [5, 5.41) is 11.3. The molecule has 1 N–H and O–H groups in total. The van der Waals surface area contributed by atoms with Crippen LogP contribution in [0.25, 0.3) is 0 Å². The van der Waals surface area contributed by atoms with Gasteiger partial charge in [-0.2, -0.15) is 0 Å². The van der Waals surface area contributed by atoms with Crippen LogP contribution in [0.3, 0.4) is 0 Å². The SMILES string of the molecule is O=C(NCc1ccccn1)c1nnc(Cc2ccc(Cl)cc2Cl)o1. The van der Waals surface area contributed by atoms with Crippen molar-refractivity contribution in [2.75, 3.05) is 0 Å². The van der Waals surface area contributed by atoms with Crippen LogP contribution in [0.5, 0.6) is 0 Å². The van der Waals surface area contributed by atoms with E-state index < -0.39 is 5.91 Å². The minimum atomic E-state index is -0.457. The van der Waals surface area contributed by atoms with E-state index in [1.54, 1.807) is 30.5 Å². The first-order valence-electron chi connectivity index (χ1n) is 7.06. The molecule has 0 aliphatic heterocycles. The first-order chi connectivity index (χ1) is 11.6. The molecule has 0 fully saturated rings. The van der Waals surface area contributed by atoms with Gasteiger partial charge in [0.2, 0.25) is 5.89 Å². The zero-order valence-electron chi connectivity index (χ0n) is 12.4. The Hall–Kier alpha value is -2.44. The van der Waals surface area contributed by atoms with Crippen LogP contribution in [0.2, 0.25) is 10.0 Å². The Morgan fingerprint density at radius 1 is 1.17 bits per heavy atom. The second-order valence-corrected chi connectivity index (χ2v) is 5.76. The Kier molecular flexibility index (Phi) is 5.08. The Morgan fingerprint density at radius 2 is 2.04 bits per heavy atom. The van der Waals surface area contributed by atoms with Gasteiger partial charge in [-0.05, 0) is 29.8 Å². The third kappa shape index (κ3) is 4.10. The van der Waals surface area contributed by atoms with Crippen LogP contribution in [-0.2, 0) is 13.0 Å². The lowest BCUT2D eigenvalue weighted by Gasteiger charge is -2.02. The number of hydrogen-bond donors (Lipinski definition) is 1. The fourth-order valence-electron chi connectivity index (χ4n) is 1.99. The number of benzene rings is 1. The summed E-state index contributed by atoms with van der Waals surface area (Å²) in [6.07, 6.45) is 1.97. The van der Waals surface area contributed by atoms with Gasteiger partial charge in [0.05, 0.1) is 18.7 Å². The Labute approximate surface area is 147 Å². The number of nitrogens with zero attached hydrogens (tertiary/aromatic N) is 3. The molecule has 3 aromatic rings. The molecule has 0 aliphatic carbocycles. The van der Waals surface area contributed by atoms with E-state index in [4.69, 9.17) is 27.6 Å². The second kappa shape index (κ2) is 7.42. The smallest absolute Gasteiger partial charge is 0.309 e.